The average Bonchev–Trinajstić information content (AvgIpc) is 2.82. The second-order valence-electron chi connectivity index (χ2n) is 7.85. The first-order valence-electron chi connectivity index (χ1n) is 10.4. The summed E-state index contributed by atoms with van der Waals surface area (Å²) in [6, 6.07) is 14.7. The first-order valence-corrected chi connectivity index (χ1v) is 13.6. The van der Waals surface area contributed by atoms with E-state index in [4.69, 9.17) is 17.3 Å². The van der Waals surface area contributed by atoms with Gasteiger partial charge in [-0.1, -0.05) is 5.02 Å². The molecule has 4 rings (SSSR count). The molecule has 0 unspecified atom stereocenters. The molecule has 0 aliphatic heterocycles. The van der Waals surface area contributed by atoms with Gasteiger partial charge in [-0.05, 0) is 70.9 Å². The smallest absolute Gasteiger partial charge is 0.746 e. The Morgan fingerprint density at radius 2 is 1.54 bits per heavy atom. The molecule has 0 spiro atoms. The summed E-state index contributed by atoms with van der Waals surface area (Å²) in [6.07, 6.45) is 0. The summed E-state index contributed by atoms with van der Waals surface area (Å²) in [4.78, 5) is -1.51. The molecule has 0 aliphatic carbocycles. The molecular formula is C23H15ClN5Na3O7S2. The molecule has 196 valence electrons. The first-order chi connectivity index (χ1) is 17.7. The molecule has 4 aromatic carbocycles. The van der Waals surface area contributed by atoms with Gasteiger partial charge in [0.25, 0.3) is 0 Å². The number of phenolic OH excluding ortho intramolecular Hbond substituents is 1. The second-order valence-corrected chi connectivity index (χ2v) is 10.9. The van der Waals surface area contributed by atoms with Gasteiger partial charge in [-0.25, -0.2) is 16.8 Å². The van der Waals surface area contributed by atoms with Gasteiger partial charge in [0, 0.05) is 11.1 Å². The molecular weight excluding hydrogens is 627 g/mol. The number of halogens is 1. The molecule has 0 saturated heterocycles. The molecule has 18 heteroatoms. The number of aryl methyl sites for hydroxylation is 1. The van der Waals surface area contributed by atoms with Crippen molar-refractivity contribution in [1.29, 1.82) is 0 Å². The van der Waals surface area contributed by atoms with Crippen LogP contribution in [0.4, 0.5) is 28.4 Å². The second kappa shape index (κ2) is 15.2. The third kappa shape index (κ3) is 9.27. The van der Waals surface area contributed by atoms with Crippen molar-refractivity contribution in [2.45, 2.75) is 16.7 Å². The summed E-state index contributed by atoms with van der Waals surface area (Å²) in [5, 5.41) is 26.4. The van der Waals surface area contributed by atoms with E-state index in [0.29, 0.717) is 16.9 Å². The summed E-state index contributed by atoms with van der Waals surface area (Å²) >= 11 is 5.72. The van der Waals surface area contributed by atoms with Crippen LogP contribution in [0.15, 0.2) is 84.8 Å². The average molecular weight is 642 g/mol. The van der Waals surface area contributed by atoms with Gasteiger partial charge in [-0.15, -0.1) is 17.2 Å². The van der Waals surface area contributed by atoms with Crippen molar-refractivity contribution >= 4 is 71.0 Å². The van der Waals surface area contributed by atoms with Crippen LogP contribution in [0.1, 0.15) is 5.56 Å². The first kappa shape index (κ1) is 38.1. The molecule has 41 heavy (non-hydrogen) atoms. The summed E-state index contributed by atoms with van der Waals surface area (Å²) in [7, 11) is -9.88. The number of rotatable bonds is 6. The number of benzene rings is 4. The molecule has 12 nitrogen and oxygen atoms in total. The number of nitrogens with zero attached hydrogens (tertiary/aromatic N) is 4. The van der Waals surface area contributed by atoms with Crippen LogP contribution >= 0.6 is 11.6 Å². The van der Waals surface area contributed by atoms with Gasteiger partial charge in [0.1, 0.15) is 25.9 Å². The SMILES string of the molecule is Cc1cc(N=Nc2c(S(=O)(=O)[O-])cc3cc(N)ccc3c2O)ccc1N=Nc1[c-]c(S(=O)(=O)[O-])c(Cl)cc1.[Na+].[Na+].[Na+]. The van der Waals surface area contributed by atoms with E-state index in [1.54, 1.807) is 6.92 Å². The molecule has 0 fully saturated rings. The van der Waals surface area contributed by atoms with E-state index in [2.05, 4.69) is 26.5 Å². The fraction of sp³-hybridized carbons (Fsp3) is 0.0435. The summed E-state index contributed by atoms with van der Waals surface area (Å²) in [5.41, 5.74) is 6.54. The van der Waals surface area contributed by atoms with E-state index in [0.717, 1.165) is 6.07 Å². The monoisotopic (exact) mass is 641 g/mol. The van der Waals surface area contributed by atoms with E-state index >= 15 is 0 Å². The Balaban J connectivity index is 0.00000280. The Hall–Kier alpha value is -0.950. The fourth-order valence-electron chi connectivity index (χ4n) is 3.37. The molecule has 3 N–H and O–H groups in total. The van der Waals surface area contributed by atoms with E-state index in [-0.39, 0.29) is 116 Å². The quantitative estimate of drug-likeness (QED) is 0.0709. The van der Waals surface area contributed by atoms with Crippen LogP contribution in [-0.4, -0.2) is 31.0 Å². The number of hydrogen-bond donors (Lipinski definition) is 2. The van der Waals surface area contributed by atoms with Crippen LogP contribution in [-0.2, 0) is 20.2 Å². The summed E-state index contributed by atoms with van der Waals surface area (Å²) < 4.78 is 69.4. The summed E-state index contributed by atoms with van der Waals surface area (Å²) in [6.45, 7) is 1.65. The maximum atomic E-state index is 11.8. The van der Waals surface area contributed by atoms with Gasteiger partial charge >= 0.3 is 88.7 Å². The number of phenols is 1. The minimum absolute atomic E-state index is 0. The van der Waals surface area contributed by atoms with Gasteiger partial charge in [0.2, 0.25) is 0 Å². The van der Waals surface area contributed by atoms with Crippen LogP contribution in [0.2, 0.25) is 5.02 Å². The topological polar surface area (TPSA) is 210 Å². The summed E-state index contributed by atoms with van der Waals surface area (Å²) in [5.74, 6) is -0.554. The van der Waals surface area contributed by atoms with Crippen LogP contribution < -0.4 is 94.4 Å². The van der Waals surface area contributed by atoms with Crippen molar-refractivity contribution in [3.63, 3.8) is 0 Å². The minimum Gasteiger partial charge on any atom is -0.746 e. The van der Waals surface area contributed by atoms with Crippen LogP contribution in [0.3, 0.4) is 0 Å². The Morgan fingerprint density at radius 3 is 2.15 bits per heavy atom. The number of azo groups is 2. The number of anilines is 1. The van der Waals surface area contributed by atoms with Crippen molar-refractivity contribution in [3.05, 3.63) is 71.2 Å². The molecule has 0 atom stereocenters. The van der Waals surface area contributed by atoms with Gasteiger partial charge in [0.15, 0.2) is 5.75 Å². The van der Waals surface area contributed by atoms with Gasteiger partial charge < -0.3 is 19.9 Å². The molecule has 0 aliphatic rings. The number of nitrogens with two attached hydrogens (primary N) is 1. The Labute approximate surface area is 306 Å². The Morgan fingerprint density at radius 1 is 0.854 bits per heavy atom. The fourth-order valence-corrected chi connectivity index (χ4v) is 4.95. The van der Waals surface area contributed by atoms with E-state index < -0.39 is 41.5 Å². The molecule has 0 bridgehead atoms. The van der Waals surface area contributed by atoms with E-state index in [1.807, 2.05) is 0 Å². The third-order valence-electron chi connectivity index (χ3n) is 5.15. The number of hydrogen-bond acceptors (Lipinski definition) is 12. The van der Waals surface area contributed by atoms with Crippen molar-refractivity contribution in [2.24, 2.45) is 20.5 Å². The Kier molecular flexibility index (Phi) is 14.1. The molecule has 0 amide bonds. The normalized spacial score (nSPS) is 11.7. The van der Waals surface area contributed by atoms with Crippen LogP contribution in [0.5, 0.6) is 5.75 Å². The zero-order chi connectivity index (χ0) is 27.8. The van der Waals surface area contributed by atoms with Gasteiger partial charge in [0.05, 0.1) is 16.3 Å². The third-order valence-corrected chi connectivity index (χ3v) is 7.25. The van der Waals surface area contributed by atoms with Crippen LogP contribution in [0.25, 0.3) is 10.8 Å². The van der Waals surface area contributed by atoms with Crippen molar-refractivity contribution in [1.82, 2.24) is 0 Å². The maximum absolute atomic E-state index is 11.8. The largest absolute Gasteiger partial charge is 1.00 e. The number of fused-ring (bicyclic) bond motifs is 1. The molecule has 0 heterocycles. The molecule has 0 aromatic heterocycles. The molecule has 0 radical (unpaired) electrons. The predicted molar refractivity (Wildman–Crippen MR) is 136 cm³/mol. The van der Waals surface area contributed by atoms with Gasteiger partial charge in [-0.2, -0.15) is 33.0 Å². The maximum Gasteiger partial charge on any atom is 1.00 e. The minimum atomic E-state index is -5.03. The van der Waals surface area contributed by atoms with Crippen molar-refractivity contribution in [2.75, 3.05) is 5.73 Å². The zero-order valence-corrected chi connectivity index (χ0v) is 30.5. The van der Waals surface area contributed by atoms with E-state index in [9.17, 15) is 31.0 Å². The molecule has 0 saturated carbocycles. The predicted octanol–water partition coefficient (Wildman–Crippen LogP) is -3.46. The zero-order valence-electron chi connectivity index (χ0n) is 22.2. The van der Waals surface area contributed by atoms with Crippen molar-refractivity contribution < 1.29 is 120 Å². The number of nitrogen functional groups attached to an aromatic ring is 1. The Bertz CT molecular complexity index is 1890. The van der Waals surface area contributed by atoms with Crippen LogP contribution in [0, 0.1) is 13.0 Å². The number of aromatic hydroxyl groups is 1. The standard InChI is InChI=1S/C23H17ClN5O7S2.3Na/c1-12-8-15(4-7-19(12)28-26-16-3-6-18(24)20(11-16)37(31,32)33)27-29-22-21(38(34,35)36)10-13-9-14(25)2-5-17(13)23(22)30;;;/h2-10,30H,25H2,1H3,(H,31,32,33)(H,34,35,36);;;/q-1;3*+1/p-2. The molecule has 4 aromatic rings. The van der Waals surface area contributed by atoms with E-state index in [1.165, 1.54) is 48.5 Å². The van der Waals surface area contributed by atoms with Gasteiger partial charge in [-0.3, -0.25) is 0 Å². The van der Waals surface area contributed by atoms with Crippen molar-refractivity contribution in [3.8, 4) is 5.75 Å².